The van der Waals surface area contributed by atoms with Crippen LogP contribution in [0.1, 0.15) is 10.6 Å². The molecule has 0 aliphatic rings. The number of aromatic nitrogens is 2. The van der Waals surface area contributed by atoms with Crippen LogP contribution in [0.2, 0.25) is 0 Å². The third-order valence-electron chi connectivity index (χ3n) is 1.76. The second kappa shape index (κ2) is 3.49. The summed E-state index contributed by atoms with van der Waals surface area (Å²) in [7, 11) is 0. The maximum atomic E-state index is 13.1. The van der Waals surface area contributed by atoms with Crippen molar-refractivity contribution in [3.8, 4) is 11.3 Å². The van der Waals surface area contributed by atoms with Crippen molar-refractivity contribution in [1.29, 1.82) is 0 Å². The fourth-order valence-electron chi connectivity index (χ4n) is 1.08. The van der Waals surface area contributed by atoms with Gasteiger partial charge < -0.3 is 9.63 Å². The second-order valence-electron chi connectivity index (χ2n) is 2.72. The highest BCUT2D eigenvalue weighted by Crippen LogP contribution is 2.20. The van der Waals surface area contributed by atoms with Gasteiger partial charge in [0.25, 0.3) is 0 Å². The summed E-state index contributed by atoms with van der Waals surface area (Å²) >= 11 is 0. The molecule has 15 heavy (non-hydrogen) atoms. The van der Waals surface area contributed by atoms with Crippen molar-refractivity contribution in [2.75, 3.05) is 0 Å². The summed E-state index contributed by atoms with van der Waals surface area (Å²) in [6, 6.07) is 4.10. The lowest BCUT2D eigenvalue weighted by Crippen LogP contribution is -1.92. The number of hydrogen-bond donors (Lipinski definition) is 1. The van der Waals surface area contributed by atoms with E-state index in [9.17, 15) is 9.18 Å². The van der Waals surface area contributed by atoms with Crippen molar-refractivity contribution in [3.05, 3.63) is 36.1 Å². The van der Waals surface area contributed by atoms with Gasteiger partial charge in [-0.2, -0.15) is 4.39 Å². The van der Waals surface area contributed by atoms with Crippen molar-refractivity contribution in [1.82, 2.24) is 10.1 Å². The van der Waals surface area contributed by atoms with Crippen molar-refractivity contribution in [2.45, 2.75) is 0 Å². The Labute approximate surface area is 83.2 Å². The van der Waals surface area contributed by atoms with Gasteiger partial charge in [-0.15, -0.1) is 0 Å². The molecule has 0 aliphatic carbocycles. The predicted octanol–water partition coefficient (Wildman–Crippen LogP) is 1.57. The van der Waals surface area contributed by atoms with Gasteiger partial charge in [0.1, 0.15) is 5.69 Å². The molecular weight excluding hydrogens is 203 g/mol. The van der Waals surface area contributed by atoms with Gasteiger partial charge in [-0.25, -0.2) is 9.78 Å². The highest BCUT2D eigenvalue weighted by atomic mass is 19.1. The third-order valence-corrected chi connectivity index (χ3v) is 1.76. The molecule has 0 unspecified atom stereocenters. The Morgan fingerprint density at radius 1 is 1.53 bits per heavy atom. The van der Waals surface area contributed by atoms with Gasteiger partial charge in [0.2, 0.25) is 11.7 Å². The van der Waals surface area contributed by atoms with Crippen LogP contribution in [0.15, 0.2) is 28.9 Å². The quantitative estimate of drug-likeness (QED) is 0.758. The summed E-state index contributed by atoms with van der Waals surface area (Å²) < 4.78 is 17.6. The van der Waals surface area contributed by atoms with E-state index in [2.05, 4.69) is 14.7 Å². The monoisotopic (exact) mass is 208 g/mol. The second-order valence-corrected chi connectivity index (χ2v) is 2.72. The van der Waals surface area contributed by atoms with Crippen LogP contribution in [0, 0.1) is 5.95 Å². The number of carboxylic acids is 1. The van der Waals surface area contributed by atoms with E-state index in [-0.39, 0.29) is 17.0 Å². The molecule has 0 aliphatic heterocycles. The Balaban J connectivity index is 2.46. The molecule has 1 N–H and O–H groups in total. The first-order chi connectivity index (χ1) is 7.18. The van der Waals surface area contributed by atoms with E-state index >= 15 is 0 Å². The number of rotatable bonds is 2. The average Bonchev–Trinajstić information content (AvgIpc) is 2.67. The number of carbonyl (C=O) groups is 1. The zero-order chi connectivity index (χ0) is 10.8. The standard InChI is InChI=1S/C9H5FN2O3/c10-8-5(2-1-3-11-8)6-4-7(9(13)14)15-12-6/h1-4H,(H,13,14). The summed E-state index contributed by atoms with van der Waals surface area (Å²) in [6.45, 7) is 0. The van der Waals surface area contributed by atoms with E-state index < -0.39 is 11.9 Å². The van der Waals surface area contributed by atoms with Crippen LogP contribution in [0.25, 0.3) is 11.3 Å². The van der Waals surface area contributed by atoms with Crippen molar-refractivity contribution < 1.29 is 18.8 Å². The number of pyridine rings is 1. The number of aromatic carboxylic acids is 1. The maximum absolute atomic E-state index is 13.1. The van der Waals surface area contributed by atoms with E-state index in [0.717, 1.165) is 6.07 Å². The summed E-state index contributed by atoms with van der Waals surface area (Å²) in [5.41, 5.74) is 0.215. The Kier molecular flexibility index (Phi) is 2.17. The number of nitrogens with zero attached hydrogens (tertiary/aromatic N) is 2. The van der Waals surface area contributed by atoms with Crippen molar-refractivity contribution in [3.63, 3.8) is 0 Å². The zero-order valence-corrected chi connectivity index (χ0v) is 7.35. The average molecular weight is 208 g/mol. The first kappa shape index (κ1) is 9.32. The summed E-state index contributed by atoms with van der Waals surface area (Å²) in [4.78, 5) is 13.9. The van der Waals surface area contributed by atoms with Crippen molar-refractivity contribution in [2.24, 2.45) is 0 Å². The largest absolute Gasteiger partial charge is 0.475 e. The SMILES string of the molecule is O=C(O)c1cc(-c2cccnc2F)no1. The molecule has 0 aromatic carbocycles. The van der Waals surface area contributed by atoms with E-state index in [0.29, 0.717) is 0 Å². The molecule has 2 aromatic rings. The molecule has 0 amide bonds. The molecule has 0 atom stereocenters. The summed E-state index contributed by atoms with van der Waals surface area (Å²) in [6.07, 6.45) is 1.29. The normalized spacial score (nSPS) is 10.2. The Morgan fingerprint density at radius 3 is 2.93 bits per heavy atom. The van der Waals surface area contributed by atoms with E-state index in [1.54, 1.807) is 0 Å². The lowest BCUT2D eigenvalue weighted by atomic mass is 10.2. The van der Waals surface area contributed by atoms with Crippen LogP contribution in [-0.4, -0.2) is 21.2 Å². The molecular formula is C9H5FN2O3. The molecule has 0 bridgehead atoms. The minimum absolute atomic E-state index is 0.105. The number of carboxylic acid groups (broad SMARTS) is 1. The van der Waals surface area contributed by atoms with Crippen LogP contribution in [-0.2, 0) is 0 Å². The smallest absolute Gasteiger partial charge is 0.374 e. The van der Waals surface area contributed by atoms with Crippen LogP contribution < -0.4 is 0 Å². The zero-order valence-electron chi connectivity index (χ0n) is 7.35. The Morgan fingerprint density at radius 2 is 2.33 bits per heavy atom. The Hall–Kier alpha value is -2.24. The van der Waals surface area contributed by atoms with Gasteiger partial charge in [-0.05, 0) is 12.1 Å². The summed E-state index contributed by atoms with van der Waals surface area (Å²) in [5.74, 6) is -2.31. The van der Waals surface area contributed by atoms with Gasteiger partial charge in [0, 0.05) is 12.3 Å². The summed E-state index contributed by atoms with van der Waals surface area (Å²) in [5, 5.41) is 12.0. The molecule has 2 heterocycles. The molecule has 0 saturated carbocycles. The fourth-order valence-corrected chi connectivity index (χ4v) is 1.08. The number of hydrogen-bond acceptors (Lipinski definition) is 4. The molecule has 0 fully saturated rings. The van der Waals surface area contributed by atoms with Crippen LogP contribution in [0.5, 0.6) is 0 Å². The highest BCUT2D eigenvalue weighted by Gasteiger charge is 2.14. The van der Waals surface area contributed by atoms with Crippen LogP contribution in [0.3, 0.4) is 0 Å². The van der Waals surface area contributed by atoms with Crippen molar-refractivity contribution >= 4 is 5.97 Å². The topological polar surface area (TPSA) is 76.2 Å². The molecule has 0 spiro atoms. The molecule has 2 rings (SSSR count). The molecule has 76 valence electrons. The van der Waals surface area contributed by atoms with E-state index in [1.807, 2.05) is 0 Å². The van der Waals surface area contributed by atoms with Crippen LogP contribution >= 0.6 is 0 Å². The predicted molar refractivity (Wildman–Crippen MR) is 46.7 cm³/mol. The minimum Gasteiger partial charge on any atom is -0.475 e. The van der Waals surface area contributed by atoms with Gasteiger partial charge in [0.15, 0.2) is 0 Å². The number of halogens is 1. The third kappa shape index (κ3) is 1.69. The van der Waals surface area contributed by atoms with Crippen LogP contribution in [0.4, 0.5) is 4.39 Å². The van der Waals surface area contributed by atoms with Gasteiger partial charge in [-0.3, -0.25) is 0 Å². The first-order valence-corrected chi connectivity index (χ1v) is 3.99. The molecule has 2 aromatic heterocycles. The lowest BCUT2D eigenvalue weighted by molar-refractivity contribution is 0.0652. The molecule has 5 nitrogen and oxygen atoms in total. The fraction of sp³-hybridized carbons (Fsp3) is 0. The van der Waals surface area contributed by atoms with Gasteiger partial charge in [0.05, 0.1) is 5.56 Å². The maximum Gasteiger partial charge on any atom is 0.374 e. The van der Waals surface area contributed by atoms with Gasteiger partial charge in [-0.1, -0.05) is 5.16 Å². The highest BCUT2D eigenvalue weighted by molar-refractivity contribution is 5.85. The first-order valence-electron chi connectivity index (χ1n) is 3.99. The van der Waals surface area contributed by atoms with E-state index in [4.69, 9.17) is 5.11 Å². The molecule has 0 radical (unpaired) electrons. The van der Waals surface area contributed by atoms with Gasteiger partial charge >= 0.3 is 5.97 Å². The lowest BCUT2D eigenvalue weighted by Gasteiger charge is -1.94. The van der Waals surface area contributed by atoms with E-state index in [1.165, 1.54) is 18.3 Å². The molecule has 6 heteroatoms. The molecule has 0 saturated heterocycles. The Bertz CT molecular complexity index is 510. The minimum atomic E-state index is -1.25.